The molecule has 0 amide bonds. The minimum atomic E-state index is -4.92. The van der Waals surface area contributed by atoms with Crippen molar-refractivity contribution in [2.75, 3.05) is 0 Å². The molecule has 2 rings (SSSR count). The first-order chi connectivity index (χ1) is 5.57. The molecule has 0 saturated heterocycles. The van der Waals surface area contributed by atoms with Crippen molar-refractivity contribution in [3.63, 3.8) is 0 Å². The molecule has 0 bridgehead atoms. The van der Waals surface area contributed by atoms with E-state index in [0.29, 0.717) is 0 Å². The maximum absolute atomic E-state index is 12.1. The predicted molar refractivity (Wildman–Crippen MR) is 39.2 cm³/mol. The number of hydrogen-bond acceptors (Lipinski definition) is 1. The van der Waals surface area contributed by atoms with Crippen LogP contribution in [0.25, 0.3) is 0 Å². The number of nitrogens with zero attached hydrogens (tertiary/aromatic N) is 2. The molecule has 0 spiro atoms. The Balaban J connectivity index is 2.23. The molecule has 1 aromatic rings. The number of halogens is 3. The van der Waals surface area contributed by atoms with Gasteiger partial charge in [0.05, 0.1) is 6.04 Å². The summed E-state index contributed by atoms with van der Waals surface area (Å²) in [6, 6.07) is 1.26. The van der Waals surface area contributed by atoms with Crippen molar-refractivity contribution in [2.45, 2.75) is 18.9 Å². The highest BCUT2D eigenvalue weighted by atomic mass is 19.4. The third-order valence-corrected chi connectivity index (χ3v) is 1.89. The summed E-state index contributed by atoms with van der Waals surface area (Å²) in [6.07, 6.45) is 3.31. The maximum atomic E-state index is 12.1. The van der Waals surface area contributed by atoms with Crippen LogP contribution < -0.4 is 5.59 Å². The molecule has 0 aliphatic heterocycles. The van der Waals surface area contributed by atoms with Crippen LogP contribution in [0.3, 0.4) is 0 Å². The first kappa shape index (κ1) is 7.70. The van der Waals surface area contributed by atoms with Crippen LogP contribution in [0.2, 0.25) is 0 Å². The second-order valence-electron chi connectivity index (χ2n) is 3.03. The topological polar surface area (TPSA) is 17.8 Å². The normalized spacial score (nSPS) is 18.2. The summed E-state index contributed by atoms with van der Waals surface area (Å²) in [5.74, 6) is 0. The lowest BCUT2D eigenvalue weighted by Crippen LogP contribution is -2.35. The molecule has 0 unspecified atom stereocenters. The van der Waals surface area contributed by atoms with E-state index in [1.165, 1.54) is 10.9 Å². The average Bonchev–Trinajstić information content (AvgIpc) is 2.66. The Morgan fingerprint density at radius 1 is 1.42 bits per heavy atom. The monoisotopic (exact) mass is 175 g/mol. The largest absolute Gasteiger partial charge is 0.529 e. The number of hydrogen-bond donors (Lipinski definition) is 0. The first-order valence-electron chi connectivity index (χ1n) is 3.82. The molecule has 0 radical (unpaired) electrons. The van der Waals surface area contributed by atoms with E-state index in [9.17, 15) is 12.9 Å². The Kier molecular flexibility index (Phi) is 1.46. The summed E-state index contributed by atoms with van der Waals surface area (Å²) in [5, 5.41) is 3.46. The van der Waals surface area contributed by atoms with E-state index >= 15 is 0 Å². The van der Waals surface area contributed by atoms with Crippen molar-refractivity contribution >= 4 is 12.6 Å². The lowest BCUT2D eigenvalue weighted by atomic mass is 9.87. The van der Waals surface area contributed by atoms with Crippen molar-refractivity contribution in [2.24, 2.45) is 0 Å². The molecule has 1 saturated carbocycles. The minimum Gasteiger partial charge on any atom is -0.444 e. The third-order valence-electron chi connectivity index (χ3n) is 1.89. The van der Waals surface area contributed by atoms with Crippen molar-refractivity contribution in [1.82, 2.24) is 9.78 Å². The van der Waals surface area contributed by atoms with Gasteiger partial charge in [-0.25, -0.2) is 5.10 Å². The standard InChI is InChI=1S/C6H7BF3N2/c8-7(9,10)6-3-4-12(11-6)5-1-2-5/h3-5H,1-2H2/q-1. The van der Waals surface area contributed by atoms with Crippen molar-refractivity contribution in [1.29, 1.82) is 0 Å². The number of aromatic nitrogens is 2. The van der Waals surface area contributed by atoms with Crippen molar-refractivity contribution < 1.29 is 12.9 Å². The van der Waals surface area contributed by atoms with Crippen LogP contribution in [0, 0.1) is 0 Å². The molecule has 0 atom stereocenters. The Morgan fingerprint density at radius 2 is 2.08 bits per heavy atom. The highest BCUT2D eigenvalue weighted by Crippen LogP contribution is 2.33. The summed E-state index contributed by atoms with van der Waals surface area (Å²) in [4.78, 5) is 0. The van der Waals surface area contributed by atoms with E-state index in [4.69, 9.17) is 0 Å². The fourth-order valence-corrected chi connectivity index (χ4v) is 1.07. The van der Waals surface area contributed by atoms with Gasteiger partial charge in [-0.1, -0.05) is 6.07 Å². The average molecular weight is 175 g/mol. The van der Waals surface area contributed by atoms with Crippen LogP contribution in [0.4, 0.5) is 12.9 Å². The molecule has 1 heterocycles. The van der Waals surface area contributed by atoms with E-state index in [-0.39, 0.29) is 6.04 Å². The third kappa shape index (κ3) is 1.33. The Morgan fingerprint density at radius 3 is 2.50 bits per heavy atom. The van der Waals surface area contributed by atoms with Crippen LogP contribution in [0.1, 0.15) is 18.9 Å². The second-order valence-corrected chi connectivity index (χ2v) is 3.03. The second kappa shape index (κ2) is 2.28. The maximum Gasteiger partial charge on any atom is 0.529 e. The van der Waals surface area contributed by atoms with E-state index in [1.807, 2.05) is 0 Å². The van der Waals surface area contributed by atoms with Gasteiger partial charge in [-0.15, -0.1) is 0 Å². The zero-order valence-corrected chi connectivity index (χ0v) is 6.25. The van der Waals surface area contributed by atoms with E-state index in [0.717, 1.165) is 18.9 Å². The minimum absolute atomic E-state index is 0.219. The number of rotatable bonds is 2. The molecule has 2 nitrogen and oxygen atoms in total. The molecule has 0 N–H and O–H groups in total. The van der Waals surface area contributed by atoms with Gasteiger partial charge in [0.25, 0.3) is 0 Å². The highest BCUT2D eigenvalue weighted by molar-refractivity contribution is 6.72. The predicted octanol–water partition coefficient (Wildman–Crippen LogP) is 1.27. The summed E-state index contributed by atoms with van der Waals surface area (Å²) >= 11 is 0. The lowest BCUT2D eigenvalue weighted by molar-refractivity contribution is 0.495. The molecule has 1 aliphatic rings. The van der Waals surface area contributed by atoms with Crippen molar-refractivity contribution in [3.05, 3.63) is 12.3 Å². The fourth-order valence-electron chi connectivity index (χ4n) is 1.07. The summed E-state index contributed by atoms with van der Waals surface area (Å²) in [6.45, 7) is -4.92. The summed E-state index contributed by atoms with van der Waals surface area (Å²) in [7, 11) is 0. The van der Waals surface area contributed by atoms with Crippen LogP contribution in [-0.2, 0) is 0 Å². The van der Waals surface area contributed by atoms with Gasteiger partial charge in [0.15, 0.2) is 0 Å². The lowest BCUT2D eigenvalue weighted by Gasteiger charge is -2.09. The molecule has 12 heavy (non-hydrogen) atoms. The molecule has 1 aliphatic carbocycles. The Hall–Kier alpha value is -0.935. The van der Waals surface area contributed by atoms with Gasteiger partial charge in [0.2, 0.25) is 0 Å². The van der Waals surface area contributed by atoms with Crippen LogP contribution >= 0.6 is 0 Å². The van der Waals surface area contributed by atoms with Gasteiger partial charge in [-0.2, -0.15) is 0 Å². The van der Waals surface area contributed by atoms with Gasteiger partial charge in [0, 0.05) is 11.8 Å². The SMILES string of the molecule is F[B-](F)(F)c1ccn(C2CC2)n1. The molecule has 0 aromatic carbocycles. The summed E-state index contributed by atoms with van der Waals surface area (Å²) in [5.41, 5.74) is -0.734. The van der Waals surface area contributed by atoms with Gasteiger partial charge in [-0.05, 0) is 12.8 Å². The highest BCUT2D eigenvalue weighted by Gasteiger charge is 2.31. The van der Waals surface area contributed by atoms with Gasteiger partial charge in [-0.3, -0.25) is 4.68 Å². The van der Waals surface area contributed by atoms with Gasteiger partial charge in [0.1, 0.15) is 0 Å². The van der Waals surface area contributed by atoms with Gasteiger partial charge < -0.3 is 12.9 Å². The molecule has 1 fully saturated rings. The molecular weight excluding hydrogens is 168 g/mol. The van der Waals surface area contributed by atoms with Gasteiger partial charge >= 0.3 is 6.98 Å². The molecule has 1 aromatic heterocycles. The molecule has 66 valence electrons. The molecular formula is C6H7BF3N2-. The molecule has 6 heteroatoms. The first-order valence-corrected chi connectivity index (χ1v) is 3.82. The smallest absolute Gasteiger partial charge is 0.444 e. The van der Waals surface area contributed by atoms with E-state index < -0.39 is 12.6 Å². The Labute approximate surface area is 67.4 Å². The van der Waals surface area contributed by atoms with E-state index in [1.54, 1.807) is 0 Å². The van der Waals surface area contributed by atoms with Crippen LogP contribution in [0.15, 0.2) is 12.3 Å². The van der Waals surface area contributed by atoms with E-state index in [2.05, 4.69) is 5.10 Å². The Bertz CT molecular complexity index is 289. The summed E-state index contributed by atoms with van der Waals surface area (Å²) < 4.78 is 37.6. The van der Waals surface area contributed by atoms with Crippen molar-refractivity contribution in [3.8, 4) is 0 Å². The van der Waals surface area contributed by atoms with Crippen LogP contribution in [0.5, 0.6) is 0 Å². The quantitative estimate of drug-likeness (QED) is 0.618. The van der Waals surface area contributed by atoms with Crippen LogP contribution in [-0.4, -0.2) is 16.8 Å². The zero-order chi connectivity index (χ0) is 8.77. The zero-order valence-electron chi connectivity index (χ0n) is 6.25. The fraction of sp³-hybridized carbons (Fsp3) is 0.500.